The Balaban J connectivity index is 0.00000144. The smallest absolute Gasteiger partial charge is 0.248 e. The van der Waals surface area contributed by atoms with Crippen LogP contribution in [0.1, 0.15) is 37.4 Å². The number of hydrogen-bond donors (Lipinski definition) is 1. The average molecular weight is 320 g/mol. The first-order valence-electron chi connectivity index (χ1n) is 7.27. The van der Waals surface area contributed by atoms with E-state index in [1.54, 1.807) is 0 Å². The van der Waals surface area contributed by atoms with Crippen LogP contribution in [0.4, 0.5) is 0 Å². The van der Waals surface area contributed by atoms with Gasteiger partial charge in [-0.15, -0.1) is 12.4 Å². The fourth-order valence-electron chi connectivity index (χ4n) is 2.99. The van der Waals surface area contributed by atoms with Gasteiger partial charge in [0, 0.05) is 11.6 Å². The Morgan fingerprint density at radius 2 is 2.00 bits per heavy atom. The molecule has 0 unspecified atom stereocenters. The summed E-state index contributed by atoms with van der Waals surface area (Å²) in [5, 5.41) is 9.66. The largest absolute Gasteiger partial charge is 0.337 e. The van der Waals surface area contributed by atoms with E-state index >= 15 is 0 Å². The summed E-state index contributed by atoms with van der Waals surface area (Å²) < 4.78 is 7.16. The molecule has 2 heterocycles. The van der Waals surface area contributed by atoms with Crippen molar-refractivity contribution in [3.63, 3.8) is 0 Å². The van der Waals surface area contributed by atoms with E-state index in [9.17, 15) is 0 Å². The molecule has 0 radical (unpaired) electrons. The Hall–Kier alpha value is -1.92. The van der Waals surface area contributed by atoms with Gasteiger partial charge in [-0.3, -0.25) is 4.68 Å². The van der Waals surface area contributed by atoms with E-state index in [0.29, 0.717) is 18.3 Å². The Kier molecular flexibility index (Phi) is 3.88. The Labute approximate surface area is 134 Å². The molecular weight excluding hydrogens is 302 g/mol. The van der Waals surface area contributed by atoms with Gasteiger partial charge in [-0.25, -0.2) is 0 Å². The normalized spacial score (nSPS) is 16.8. The van der Waals surface area contributed by atoms with Gasteiger partial charge in [0.1, 0.15) is 6.54 Å². The average Bonchev–Trinajstić information content (AvgIpc) is 3.18. The Morgan fingerprint density at radius 3 is 2.77 bits per heavy atom. The van der Waals surface area contributed by atoms with Crippen molar-refractivity contribution in [1.29, 1.82) is 0 Å². The van der Waals surface area contributed by atoms with Crippen molar-refractivity contribution in [3.8, 4) is 0 Å². The third-order valence-corrected chi connectivity index (χ3v) is 4.17. The standard InChI is InChI=1S/C15H17N5O.ClH/c16-15(7-3-4-8-15)14-17-13(21-19-14)10-20-9-11-5-1-2-6-12(11)18-20;/h1-2,5-6,9H,3-4,7-8,10,16H2;1H. The van der Waals surface area contributed by atoms with E-state index in [-0.39, 0.29) is 12.4 Å². The molecule has 22 heavy (non-hydrogen) atoms. The van der Waals surface area contributed by atoms with Crippen molar-refractivity contribution in [3.05, 3.63) is 42.2 Å². The molecule has 1 aliphatic carbocycles. The molecule has 6 nitrogen and oxygen atoms in total. The fraction of sp³-hybridized carbons (Fsp3) is 0.400. The van der Waals surface area contributed by atoms with Crippen LogP contribution >= 0.6 is 12.4 Å². The van der Waals surface area contributed by atoms with Crippen LogP contribution in [-0.2, 0) is 12.1 Å². The lowest BCUT2D eigenvalue weighted by Gasteiger charge is -2.17. The SMILES string of the molecule is Cl.NC1(c2noc(Cn3cc4ccccc4n3)n2)CCCC1. The number of hydrogen-bond acceptors (Lipinski definition) is 5. The predicted molar refractivity (Wildman–Crippen MR) is 84.7 cm³/mol. The molecule has 0 amide bonds. The van der Waals surface area contributed by atoms with E-state index in [0.717, 1.165) is 36.6 Å². The Bertz CT molecular complexity index is 742. The number of aromatic nitrogens is 4. The topological polar surface area (TPSA) is 82.8 Å². The summed E-state index contributed by atoms with van der Waals surface area (Å²) in [6.07, 6.45) is 6.10. The van der Waals surface area contributed by atoms with E-state index in [1.807, 2.05) is 35.1 Å². The number of nitrogens with zero attached hydrogens (tertiary/aromatic N) is 4. The predicted octanol–water partition coefficient (Wildman–Crippen LogP) is 2.62. The number of benzene rings is 1. The van der Waals surface area contributed by atoms with Crippen LogP contribution in [-0.4, -0.2) is 19.9 Å². The lowest BCUT2D eigenvalue weighted by atomic mass is 9.99. The minimum absolute atomic E-state index is 0. The minimum atomic E-state index is -0.406. The summed E-state index contributed by atoms with van der Waals surface area (Å²) in [4.78, 5) is 4.47. The lowest BCUT2D eigenvalue weighted by molar-refractivity contribution is 0.342. The van der Waals surface area contributed by atoms with E-state index in [1.165, 1.54) is 0 Å². The van der Waals surface area contributed by atoms with Crippen LogP contribution in [0.15, 0.2) is 35.0 Å². The highest BCUT2D eigenvalue weighted by atomic mass is 35.5. The molecule has 7 heteroatoms. The summed E-state index contributed by atoms with van der Waals surface area (Å²) >= 11 is 0. The first kappa shape index (κ1) is 15.0. The van der Waals surface area contributed by atoms with E-state index in [2.05, 4.69) is 15.2 Å². The van der Waals surface area contributed by atoms with Gasteiger partial charge in [0.25, 0.3) is 0 Å². The van der Waals surface area contributed by atoms with Crippen molar-refractivity contribution in [2.75, 3.05) is 0 Å². The van der Waals surface area contributed by atoms with Crippen LogP contribution in [0.2, 0.25) is 0 Å². The molecule has 1 fully saturated rings. The minimum Gasteiger partial charge on any atom is -0.337 e. The molecule has 0 aliphatic heterocycles. The zero-order valence-electron chi connectivity index (χ0n) is 12.1. The maximum atomic E-state index is 6.34. The molecule has 2 aromatic heterocycles. The highest BCUT2D eigenvalue weighted by Crippen LogP contribution is 2.34. The second-order valence-electron chi connectivity index (χ2n) is 5.76. The van der Waals surface area contributed by atoms with Crippen LogP contribution < -0.4 is 5.73 Å². The summed E-state index contributed by atoms with van der Waals surface area (Å²) in [6, 6.07) is 7.99. The summed E-state index contributed by atoms with van der Waals surface area (Å²) in [5.41, 5.74) is 6.90. The highest BCUT2D eigenvalue weighted by Gasteiger charge is 2.35. The van der Waals surface area contributed by atoms with Crippen molar-refractivity contribution < 1.29 is 4.52 Å². The summed E-state index contributed by atoms with van der Waals surface area (Å²) in [6.45, 7) is 0.470. The summed E-state index contributed by atoms with van der Waals surface area (Å²) in [5.74, 6) is 1.18. The van der Waals surface area contributed by atoms with Gasteiger partial charge in [0.15, 0.2) is 5.82 Å². The third-order valence-electron chi connectivity index (χ3n) is 4.17. The van der Waals surface area contributed by atoms with Crippen molar-refractivity contribution in [2.45, 2.75) is 37.8 Å². The fourth-order valence-corrected chi connectivity index (χ4v) is 2.99. The van der Waals surface area contributed by atoms with E-state index < -0.39 is 5.54 Å². The molecule has 0 bridgehead atoms. The molecule has 116 valence electrons. The maximum Gasteiger partial charge on any atom is 0.248 e. The molecule has 3 aromatic rings. The Morgan fingerprint density at radius 1 is 1.23 bits per heavy atom. The van der Waals surface area contributed by atoms with Crippen LogP contribution in [0.25, 0.3) is 10.9 Å². The molecule has 2 N–H and O–H groups in total. The quantitative estimate of drug-likeness (QED) is 0.802. The second kappa shape index (κ2) is 5.70. The van der Waals surface area contributed by atoms with Gasteiger partial charge < -0.3 is 10.3 Å². The number of rotatable bonds is 3. The van der Waals surface area contributed by atoms with Crippen LogP contribution in [0, 0.1) is 0 Å². The van der Waals surface area contributed by atoms with Crippen molar-refractivity contribution in [1.82, 2.24) is 19.9 Å². The first-order valence-corrected chi connectivity index (χ1v) is 7.27. The van der Waals surface area contributed by atoms with Gasteiger partial charge in [0.05, 0.1) is 11.1 Å². The molecule has 0 saturated heterocycles. The molecular formula is C15H18ClN5O. The lowest BCUT2D eigenvalue weighted by Crippen LogP contribution is -2.34. The van der Waals surface area contributed by atoms with Crippen LogP contribution in [0.5, 0.6) is 0 Å². The van der Waals surface area contributed by atoms with Gasteiger partial charge in [0.2, 0.25) is 5.89 Å². The van der Waals surface area contributed by atoms with Gasteiger partial charge in [-0.1, -0.05) is 36.2 Å². The number of nitrogens with two attached hydrogens (primary N) is 1. The number of halogens is 1. The second-order valence-corrected chi connectivity index (χ2v) is 5.76. The molecule has 0 spiro atoms. The highest BCUT2D eigenvalue weighted by molar-refractivity contribution is 5.85. The molecule has 1 saturated carbocycles. The van der Waals surface area contributed by atoms with Crippen molar-refractivity contribution >= 4 is 23.3 Å². The summed E-state index contributed by atoms with van der Waals surface area (Å²) in [7, 11) is 0. The maximum absolute atomic E-state index is 6.34. The molecule has 1 aromatic carbocycles. The van der Waals surface area contributed by atoms with Gasteiger partial charge >= 0.3 is 0 Å². The molecule has 1 aliphatic rings. The van der Waals surface area contributed by atoms with E-state index in [4.69, 9.17) is 10.3 Å². The number of fused-ring (bicyclic) bond motifs is 1. The first-order chi connectivity index (χ1) is 10.2. The zero-order chi connectivity index (χ0) is 14.3. The van der Waals surface area contributed by atoms with Crippen molar-refractivity contribution in [2.24, 2.45) is 5.73 Å². The zero-order valence-corrected chi connectivity index (χ0v) is 12.9. The van der Waals surface area contributed by atoms with Crippen LogP contribution in [0.3, 0.4) is 0 Å². The third kappa shape index (κ3) is 2.60. The van der Waals surface area contributed by atoms with Gasteiger partial charge in [-0.05, 0) is 18.9 Å². The molecule has 0 atom stereocenters. The molecule has 4 rings (SSSR count). The monoisotopic (exact) mass is 319 g/mol. The van der Waals surface area contributed by atoms with Gasteiger partial charge in [-0.2, -0.15) is 10.1 Å².